The van der Waals surface area contributed by atoms with E-state index in [1.165, 1.54) is 0 Å². The fourth-order valence-electron chi connectivity index (χ4n) is 2.11. The van der Waals surface area contributed by atoms with Crippen LogP contribution in [0.2, 0.25) is 0 Å². The quantitative estimate of drug-likeness (QED) is 0.771. The Labute approximate surface area is 115 Å². The Hall–Kier alpha value is -2.88. The van der Waals surface area contributed by atoms with Crippen molar-refractivity contribution in [1.29, 1.82) is 0 Å². The van der Waals surface area contributed by atoms with Gasteiger partial charge in [-0.3, -0.25) is 4.98 Å². The number of amides is 1. The number of fused-ring (bicyclic) bond motifs is 1. The molecule has 98 valence electrons. The average molecular weight is 264 g/mol. The summed E-state index contributed by atoms with van der Waals surface area (Å²) >= 11 is 0. The molecule has 0 unspecified atom stereocenters. The van der Waals surface area contributed by atoms with Crippen molar-refractivity contribution in [2.75, 3.05) is 0 Å². The Bertz CT molecular complexity index is 770. The van der Waals surface area contributed by atoms with Crippen LogP contribution in [0, 0.1) is 0 Å². The number of hydrogen-bond donors (Lipinski definition) is 1. The largest absolute Gasteiger partial charge is 0.410 e. The number of nitrogens with two attached hydrogens (primary N) is 1. The van der Waals surface area contributed by atoms with Gasteiger partial charge >= 0.3 is 6.09 Å². The molecular formula is C16H12N2O2. The monoisotopic (exact) mass is 264 g/mol. The number of primary amides is 1. The van der Waals surface area contributed by atoms with Crippen LogP contribution in [0.1, 0.15) is 0 Å². The molecule has 2 N–H and O–H groups in total. The van der Waals surface area contributed by atoms with Crippen LogP contribution in [0.15, 0.2) is 60.8 Å². The van der Waals surface area contributed by atoms with Crippen LogP contribution in [-0.4, -0.2) is 11.1 Å². The van der Waals surface area contributed by atoms with E-state index < -0.39 is 6.09 Å². The molecule has 0 aliphatic heterocycles. The molecule has 0 radical (unpaired) electrons. The molecule has 1 aromatic heterocycles. The Morgan fingerprint density at radius 3 is 2.55 bits per heavy atom. The van der Waals surface area contributed by atoms with Crippen molar-refractivity contribution < 1.29 is 9.53 Å². The lowest BCUT2D eigenvalue weighted by atomic mass is 10.1. The predicted octanol–water partition coefficient (Wildman–Crippen LogP) is 3.36. The molecule has 0 aliphatic carbocycles. The van der Waals surface area contributed by atoms with Crippen molar-refractivity contribution in [3.63, 3.8) is 0 Å². The van der Waals surface area contributed by atoms with E-state index in [9.17, 15) is 4.79 Å². The molecule has 4 nitrogen and oxygen atoms in total. The van der Waals surface area contributed by atoms with Crippen molar-refractivity contribution in [2.45, 2.75) is 0 Å². The van der Waals surface area contributed by atoms with E-state index in [1.807, 2.05) is 42.5 Å². The molecule has 3 rings (SSSR count). The summed E-state index contributed by atoms with van der Waals surface area (Å²) in [5.74, 6) is 0.417. The fraction of sp³-hybridized carbons (Fsp3) is 0. The van der Waals surface area contributed by atoms with Gasteiger partial charge in [-0.25, -0.2) is 4.79 Å². The maximum atomic E-state index is 10.9. The second kappa shape index (κ2) is 5.01. The van der Waals surface area contributed by atoms with Gasteiger partial charge in [0.1, 0.15) is 5.75 Å². The van der Waals surface area contributed by atoms with Crippen LogP contribution in [0.25, 0.3) is 22.0 Å². The van der Waals surface area contributed by atoms with E-state index in [-0.39, 0.29) is 0 Å². The van der Waals surface area contributed by atoms with Crippen molar-refractivity contribution >= 4 is 17.0 Å². The minimum Gasteiger partial charge on any atom is -0.410 e. The number of hydrogen-bond acceptors (Lipinski definition) is 3. The highest BCUT2D eigenvalue weighted by Crippen LogP contribution is 2.28. The third-order valence-corrected chi connectivity index (χ3v) is 3.00. The number of nitrogens with zero attached hydrogens (tertiary/aromatic N) is 1. The van der Waals surface area contributed by atoms with Crippen LogP contribution in [0.4, 0.5) is 4.79 Å². The molecule has 4 heteroatoms. The van der Waals surface area contributed by atoms with Gasteiger partial charge in [0.05, 0.1) is 5.52 Å². The van der Waals surface area contributed by atoms with Crippen LogP contribution >= 0.6 is 0 Å². The van der Waals surface area contributed by atoms with Gasteiger partial charge in [-0.15, -0.1) is 0 Å². The lowest BCUT2D eigenvalue weighted by Crippen LogP contribution is -2.16. The normalized spacial score (nSPS) is 10.4. The van der Waals surface area contributed by atoms with Gasteiger partial charge in [-0.2, -0.15) is 0 Å². The maximum absolute atomic E-state index is 10.9. The summed E-state index contributed by atoms with van der Waals surface area (Å²) in [4.78, 5) is 15.3. The topological polar surface area (TPSA) is 65.2 Å². The molecule has 0 fully saturated rings. The molecular weight excluding hydrogens is 252 g/mol. The second-order valence-electron chi connectivity index (χ2n) is 4.33. The van der Waals surface area contributed by atoms with Crippen LogP contribution < -0.4 is 10.5 Å². The predicted molar refractivity (Wildman–Crippen MR) is 77.4 cm³/mol. The number of carbonyl (C=O) groups excluding carboxylic acids is 1. The Morgan fingerprint density at radius 2 is 1.80 bits per heavy atom. The first-order valence-corrected chi connectivity index (χ1v) is 6.15. The first-order valence-electron chi connectivity index (χ1n) is 6.15. The van der Waals surface area contributed by atoms with Gasteiger partial charge in [0.15, 0.2) is 0 Å². The highest BCUT2D eigenvalue weighted by molar-refractivity contribution is 5.90. The lowest BCUT2D eigenvalue weighted by molar-refractivity contribution is 0.211. The zero-order valence-electron chi connectivity index (χ0n) is 10.6. The Kier molecular flexibility index (Phi) is 3.05. The fourth-order valence-corrected chi connectivity index (χ4v) is 2.11. The molecule has 0 saturated heterocycles. The van der Waals surface area contributed by atoms with Crippen LogP contribution in [-0.2, 0) is 0 Å². The number of benzene rings is 2. The van der Waals surface area contributed by atoms with E-state index >= 15 is 0 Å². The summed E-state index contributed by atoms with van der Waals surface area (Å²) in [6.45, 7) is 0. The molecule has 0 aliphatic rings. The van der Waals surface area contributed by atoms with Gasteiger partial charge in [-0.1, -0.05) is 36.4 Å². The van der Waals surface area contributed by atoms with Gasteiger partial charge in [0.2, 0.25) is 0 Å². The number of pyridine rings is 1. The third kappa shape index (κ3) is 2.31. The summed E-state index contributed by atoms with van der Waals surface area (Å²) in [6, 6.07) is 17.2. The molecule has 20 heavy (non-hydrogen) atoms. The molecule has 1 heterocycles. The average Bonchev–Trinajstić information content (AvgIpc) is 2.47. The maximum Gasteiger partial charge on any atom is 0.409 e. The summed E-state index contributed by atoms with van der Waals surface area (Å²) in [5, 5.41) is 0.757. The highest BCUT2D eigenvalue weighted by Gasteiger charge is 2.07. The smallest absolute Gasteiger partial charge is 0.409 e. The molecule has 2 aromatic carbocycles. The Morgan fingerprint density at radius 1 is 1.00 bits per heavy atom. The standard InChI is InChI=1S/C16H12N2O2/c17-16(19)20-15-8-4-7-14-13(15)9-12(10-18-14)11-5-2-1-3-6-11/h1-10H,(H2,17,19). The van der Waals surface area contributed by atoms with E-state index in [1.54, 1.807) is 18.3 Å². The summed E-state index contributed by atoms with van der Waals surface area (Å²) < 4.78 is 5.02. The third-order valence-electron chi connectivity index (χ3n) is 3.00. The highest BCUT2D eigenvalue weighted by atomic mass is 16.5. The number of rotatable bonds is 2. The van der Waals surface area contributed by atoms with Crippen molar-refractivity contribution in [2.24, 2.45) is 5.73 Å². The van der Waals surface area contributed by atoms with E-state index in [2.05, 4.69) is 4.98 Å². The van der Waals surface area contributed by atoms with Crippen LogP contribution in [0.5, 0.6) is 5.75 Å². The van der Waals surface area contributed by atoms with Crippen molar-refractivity contribution in [3.05, 3.63) is 60.8 Å². The molecule has 1 amide bonds. The zero-order chi connectivity index (χ0) is 13.9. The lowest BCUT2D eigenvalue weighted by Gasteiger charge is -2.07. The summed E-state index contributed by atoms with van der Waals surface area (Å²) in [7, 11) is 0. The number of carbonyl (C=O) groups is 1. The first kappa shape index (κ1) is 12.2. The number of aromatic nitrogens is 1. The van der Waals surface area contributed by atoms with E-state index in [4.69, 9.17) is 10.5 Å². The Balaban J connectivity index is 2.16. The first-order chi connectivity index (χ1) is 9.74. The van der Waals surface area contributed by atoms with Crippen molar-refractivity contribution in [1.82, 2.24) is 4.98 Å². The minimum absolute atomic E-state index is 0.417. The molecule has 0 saturated carbocycles. The molecule has 0 spiro atoms. The van der Waals surface area contributed by atoms with Gasteiger partial charge in [-0.05, 0) is 23.8 Å². The summed E-state index contributed by atoms with van der Waals surface area (Å²) in [5.41, 5.74) is 7.84. The zero-order valence-corrected chi connectivity index (χ0v) is 10.6. The van der Waals surface area contributed by atoms with Gasteiger partial charge in [0, 0.05) is 17.1 Å². The van der Waals surface area contributed by atoms with Gasteiger partial charge in [0.25, 0.3) is 0 Å². The summed E-state index contributed by atoms with van der Waals surface area (Å²) in [6.07, 6.45) is 0.966. The number of ether oxygens (including phenoxy) is 1. The van der Waals surface area contributed by atoms with Crippen molar-refractivity contribution in [3.8, 4) is 16.9 Å². The van der Waals surface area contributed by atoms with Gasteiger partial charge < -0.3 is 10.5 Å². The molecule has 0 atom stereocenters. The second-order valence-corrected chi connectivity index (χ2v) is 4.33. The molecule has 3 aromatic rings. The minimum atomic E-state index is -0.831. The van der Waals surface area contributed by atoms with E-state index in [0.29, 0.717) is 5.75 Å². The van der Waals surface area contributed by atoms with E-state index in [0.717, 1.165) is 22.0 Å². The van der Waals surface area contributed by atoms with Crippen LogP contribution in [0.3, 0.4) is 0 Å². The molecule has 0 bridgehead atoms. The SMILES string of the molecule is NC(=O)Oc1cccc2ncc(-c3ccccc3)cc12.